The predicted octanol–water partition coefficient (Wildman–Crippen LogP) is 4.30. The molecule has 0 fully saturated rings. The van der Waals surface area contributed by atoms with Crippen molar-refractivity contribution in [3.05, 3.63) is 51.3 Å². The summed E-state index contributed by atoms with van der Waals surface area (Å²) in [7, 11) is 1.75. The summed E-state index contributed by atoms with van der Waals surface area (Å²) in [5.41, 5.74) is 3.19. The summed E-state index contributed by atoms with van der Waals surface area (Å²) >= 11 is 12.3. The highest BCUT2D eigenvalue weighted by molar-refractivity contribution is 6.40. The first-order chi connectivity index (χ1) is 9.93. The number of carbonyl (C=O) groups is 1. The van der Waals surface area contributed by atoms with Crippen molar-refractivity contribution in [2.45, 2.75) is 13.8 Å². The van der Waals surface area contributed by atoms with E-state index in [0.29, 0.717) is 27.0 Å². The van der Waals surface area contributed by atoms with Crippen LogP contribution in [0.5, 0.6) is 0 Å². The van der Waals surface area contributed by atoms with E-state index in [1.807, 2.05) is 13.8 Å². The summed E-state index contributed by atoms with van der Waals surface area (Å²) in [6.45, 7) is 3.71. The number of aryl methyl sites for hydroxylation is 2. The first-order valence-electron chi connectivity index (χ1n) is 6.34. The van der Waals surface area contributed by atoms with Gasteiger partial charge in [-0.2, -0.15) is 0 Å². The molecule has 0 aliphatic carbocycles. The number of anilines is 2. The van der Waals surface area contributed by atoms with Gasteiger partial charge in [0.1, 0.15) is 0 Å². The number of hydrogen-bond donors (Lipinski definition) is 2. The molecule has 0 saturated heterocycles. The second kappa shape index (κ2) is 6.33. The smallest absolute Gasteiger partial charge is 0.259 e. The van der Waals surface area contributed by atoms with Crippen molar-refractivity contribution in [1.29, 1.82) is 0 Å². The molecular formula is C15H15Cl2N3O. The van der Waals surface area contributed by atoms with E-state index in [-0.39, 0.29) is 5.91 Å². The molecule has 0 radical (unpaired) electrons. The van der Waals surface area contributed by atoms with Crippen molar-refractivity contribution in [3.8, 4) is 0 Å². The molecule has 1 aromatic heterocycles. The molecule has 0 unspecified atom stereocenters. The lowest BCUT2D eigenvalue weighted by atomic mass is 10.1. The molecular weight excluding hydrogens is 309 g/mol. The lowest BCUT2D eigenvalue weighted by Gasteiger charge is -2.13. The van der Waals surface area contributed by atoms with E-state index >= 15 is 0 Å². The van der Waals surface area contributed by atoms with E-state index in [9.17, 15) is 4.79 Å². The zero-order chi connectivity index (χ0) is 15.6. The molecule has 1 aromatic carbocycles. The summed E-state index contributed by atoms with van der Waals surface area (Å²) in [6, 6.07) is 5.30. The van der Waals surface area contributed by atoms with Gasteiger partial charge >= 0.3 is 0 Å². The zero-order valence-electron chi connectivity index (χ0n) is 11.9. The third-order valence-corrected chi connectivity index (χ3v) is 3.88. The molecule has 2 N–H and O–H groups in total. The fraction of sp³-hybridized carbons (Fsp3) is 0.200. The number of benzene rings is 1. The van der Waals surface area contributed by atoms with Crippen LogP contribution in [-0.4, -0.2) is 17.9 Å². The van der Waals surface area contributed by atoms with Crippen LogP contribution in [0.2, 0.25) is 10.0 Å². The Morgan fingerprint density at radius 3 is 2.62 bits per heavy atom. The van der Waals surface area contributed by atoms with Crippen LogP contribution >= 0.6 is 23.2 Å². The number of amides is 1. The lowest BCUT2D eigenvalue weighted by Crippen LogP contribution is -2.15. The van der Waals surface area contributed by atoms with E-state index in [2.05, 4.69) is 15.6 Å². The van der Waals surface area contributed by atoms with Crippen LogP contribution in [0.25, 0.3) is 0 Å². The van der Waals surface area contributed by atoms with Crippen molar-refractivity contribution in [2.24, 2.45) is 0 Å². The van der Waals surface area contributed by atoms with Gasteiger partial charge in [0.05, 0.1) is 27.0 Å². The molecule has 1 amide bonds. The molecule has 0 atom stereocenters. The number of nitrogens with zero attached hydrogens (tertiary/aromatic N) is 1. The largest absolute Gasteiger partial charge is 0.387 e. The van der Waals surface area contributed by atoms with Gasteiger partial charge in [0, 0.05) is 18.9 Å². The van der Waals surface area contributed by atoms with Crippen molar-refractivity contribution in [1.82, 2.24) is 4.98 Å². The average molecular weight is 324 g/mol. The summed E-state index contributed by atoms with van der Waals surface area (Å²) < 4.78 is 0. The van der Waals surface area contributed by atoms with Crippen molar-refractivity contribution >= 4 is 40.5 Å². The SMILES string of the molecule is CNc1cc(C)ncc1C(=O)Nc1c(Cl)ccc(C)c1Cl. The van der Waals surface area contributed by atoms with E-state index in [1.165, 1.54) is 6.20 Å². The third-order valence-electron chi connectivity index (χ3n) is 3.08. The molecule has 2 rings (SSSR count). The molecule has 4 nitrogen and oxygen atoms in total. The van der Waals surface area contributed by atoms with Crippen molar-refractivity contribution in [2.75, 3.05) is 17.7 Å². The van der Waals surface area contributed by atoms with Gasteiger partial charge in [-0.05, 0) is 31.5 Å². The number of rotatable bonds is 3. The van der Waals surface area contributed by atoms with Crippen LogP contribution in [0.4, 0.5) is 11.4 Å². The highest BCUT2D eigenvalue weighted by Crippen LogP contribution is 2.33. The number of pyridine rings is 1. The molecule has 1 heterocycles. The summed E-state index contributed by atoms with van der Waals surface area (Å²) in [6.07, 6.45) is 1.52. The Kier molecular flexibility index (Phi) is 4.70. The van der Waals surface area contributed by atoms with Crippen LogP contribution in [0.1, 0.15) is 21.6 Å². The highest BCUT2D eigenvalue weighted by Gasteiger charge is 2.16. The summed E-state index contributed by atoms with van der Waals surface area (Å²) in [4.78, 5) is 16.6. The van der Waals surface area contributed by atoms with Gasteiger partial charge in [-0.1, -0.05) is 29.3 Å². The minimum Gasteiger partial charge on any atom is -0.387 e. The number of carbonyl (C=O) groups excluding carboxylic acids is 1. The Balaban J connectivity index is 2.37. The number of aromatic nitrogens is 1. The summed E-state index contributed by atoms with van der Waals surface area (Å²) in [5, 5.41) is 6.55. The fourth-order valence-corrected chi connectivity index (χ4v) is 2.36. The Bertz CT molecular complexity index is 702. The fourth-order valence-electron chi connectivity index (χ4n) is 1.90. The van der Waals surface area contributed by atoms with E-state index < -0.39 is 0 Å². The number of nitrogens with one attached hydrogen (secondary N) is 2. The molecule has 110 valence electrons. The molecule has 0 bridgehead atoms. The standard InChI is InChI=1S/C15H15Cl2N3O/c1-8-4-5-11(16)14(13(8)17)20-15(21)10-7-19-9(2)6-12(10)18-3/h4-7H,1-3H3,(H,18,19)(H,20,21). The maximum Gasteiger partial charge on any atom is 0.259 e. The van der Waals surface area contributed by atoms with E-state index in [1.54, 1.807) is 25.2 Å². The van der Waals surface area contributed by atoms with E-state index in [4.69, 9.17) is 23.2 Å². The topological polar surface area (TPSA) is 54.0 Å². The van der Waals surface area contributed by atoms with Crippen LogP contribution in [0.3, 0.4) is 0 Å². The maximum atomic E-state index is 12.4. The van der Waals surface area contributed by atoms with Crippen LogP contribution in [0, 0.1) is 13.8 Å². The molecule has 21 heavy (non-hydrogen) atoms. The van der Waals surface area contributed by atoms with Gasteiger partial charge in [-0.3, -0.25) is 9.78 Å². The van der Waals surface area contributed by atoms with Gasteiger partial charge in [0.2, 0.25) is 0 Å². The Hall–Kier alpha value is -1.78. The quantitative estimate of drug-likeness (QED) is 0.885. The second-order valence-electron chi connectivity index (χ2n) is 4.63. The van der Waals surface area contributed by atoms with Gasteiger partial charge in [-0.25, -0.2) is 0 Å². The number of hydrogen-bond acceptors (Lipinski definition) is 3. The Morgan fingerprint density at radius 2 is 1.95 bits per heavy atom. The molecule has 0 saturated carbocycles. The van der Waals surface area contributed by atoms with Gasteiger partial charge in [-0.15, -0.1) is 0 Å². The monoisotopic (exact) mass is 323 g/mol. The minimum atomic E-state index is -0.318. The van der Waals surface area contributed by atoms with E-state index in [0.717, 1.165) is 11.3 Å². The van der Waals surface area contributed by atoms with Gasteiger partial charge < -0.3 is 10.6 Å². The van der Waals surface area contributed by atoms with Crippen molar-refractivity contribution in [3.63, 3.8) is 0 Å². The highest BCUT2D eigenvalue weighted by atomic mass is 35.5. The molecule has 0 aliphatic rings. The Morgan fingerprint density at radius 1 is 1.24 bits per heavy atom. The first-order valence-corrected chi connectivity index (χ1v) is 7.10. The summed E-state index contributed by atoms with van der Waals surface area (Å²) in [5.74, 6) is -0.318. The first kappa shape index (κ1) is 15.6. The molecule has 2 aromatic rings. The molecule has 0 spiro atoms. The second-order valence-corrected chi connectivity index (χ2v) is 5.41. The van der Waals surface area contributed by atoms with Crippen LogP contribution < -0.4 is 10.6 Å². The average Bonchev–Trinajstić information content (AvgIpc) is 2.47. The van der Waals surface area contributed by atoms with Crippen molar-refractivity contribution < 1.29 is 4.79 Å². The van der Waals surface area contributed by atoms with Crippen LogP contribution in [-0.2, 0) is 0 Å². The van der Waals surface area contributed by atoms with Crippen LogP contribution in [0.15, 0.2) is 24.4 Å². The third kappa shape index (κ3) is 3.28. The number of halogens is 2. The normalized spacial score (nSPS) is 10.3. The zero-order valence-corrected chi connectivity index (χ0v) is 13.4. The Labute approximate surface area is 133 Å². The molecule has 6 heteroatoms. The molecule has 0 aliphatic heterocycles. The predicted molar refractivity (Wildman–Crippen MR) is 87.7 cm³/mol. The van der Waals surface area contributed by atoms with Gasteiger partial charge in [0.15, 0.2) is 0 Å². The maximum absolute atomic E-state index is 12.4. The minimum absolute atomic E-state index is 0.318. The van der Waals surface area contributed by atoms with Gasteiger partial charge in [0.25, 0.3) is 5.91 Å². The lowest BCUT2D eigenvalue weighted by molar-refractivity contribution is 0.102.